The predicted molar refractivity (Wildman–Crippen MR) is 190 cm³/mol. The highest BCUT2D eigenvalue weighted by molar-refractivity contribution is 7.59. The molecule has 0 aromatic heterocycles. The molecule has 0 saturated carbocycles. The fourth-order valence-corrected chi connectivity index (χ4v) is 7.12. The number of hydrogen-bond acceptors (Lipinski definition) is 5. The van der Waals surface area contributed by atoms with Crippen LogP contribution in [0, 0.1) is 0 Å². The minimum Gasteiger partial charge on any atom is -0.330 e. The first-order valence-electron chi connectivity index (χ1n) is 17.0. The van der Waals surface area contributed by atoms with E-state index in [1.54, 1.807) is 14.2 Å². The van der Waals surface area contributed by atoms with Crippen molar-refractivity contribution < 1.29 is 13.6 Å². The average molecular weight is 624 g/mol. The van der Waals surface area contributed by atoms with Gasteiger partial charge >= 0.3 is 8.09 Å². The van der Waals surface area contributed by atoms with Crippen molar-refractivity contribution in [3.8, 4) is 0 Å². The third-order valence-electron chi connectivity index (χ3n) is 7.92. The molecule has 0 spiro atoms. The number of unbranched alkanes of at least 4 members (excludes halogenated alkanes) is 11. The molecule has 0 amide bonds. The molecule has 0 fully saturated rings. The molecule has 0 atom stereocenters. The lowest BCUT2D eigenvalue weighted by Gasteiger charge is -2.36. The Bertz CT molecular complexity index is 965. The van der Waals surface area contributed by atoms with Gasteiger partial charge in [-0.05, 0) is 36.1 Å². The summed E-state index contributed by atoms with van der Waals surface area (Å²) in [6.07, 6.45) is 16.8. The summed E-state index contributed by atoms with van der Waals surface area (Å²) in [6, 6.07) is 31.1. The van der Waals surface area contributed by atoms with Crippen LogP contribution in [0.2, 0.25) is 0 Å². The lowest BCUT2D eigenvalue weighted by Crippen LogP contribution is -2.36. The van der Waals surface area contributed by atoms with Crippen LogP contribution in [0.4, 0.5) is 0 Å². The maximum atomic E-state index is 7.13. The minimum absolute atomic E-state index is 0.778. The van der Waals surface area contributed by atoms with Crippen LogP contribution in [0.3, 0.4) is 0 Å². The van der Waals surface area contributed by atoms with Gasteiger partial charge in [0.1, 0.15) is 0 Å². The molecule has 0 aliphatic rings. The molecule has 0 unspecified atom stereocenters. The maximum Gasteiger partial charge on any atom is 0.502 e. The zero-order valence-electron chi connectivity index (χ0n) is 28.0. The third kappa shape index (κ3) is 12.7. The van der Waals surface area contributed by atoms with Gasteiger partial charge in [0.05, 0.1) is 14.2 Å². The van der Waals surface area contributed by atoms with Crippen molar-refractivity contribution in [3.63, 3.8) is 0 Å². The molecule has 0 radical (unpaired) electrons. The van der Waals surface area contributed by atoms with E-state index in [0.29, 0.717) is 0 Å². The lowest BCUT2D eigenvalue weighted by atomic mass is 9.80. The zero-order chi connectivity index (χ0) is 31.8. The van der Waals surface area contributed by atoms with E-state index in [2.05, 4.69) is 91.7 Å². The van der Waals surface area contributed by atoms with E-state index in [1.807, 2.05) is 18.2 Å². The van der Waals surface area contributed by atoms with E-state index in [4.69, 9.17) is 19.3 Å². The molecular formula is C38H60N2O3P+. The molecule has 0 aliphatic carbocycles. The van der Waals surface area contributed by atoms with Gasteiger partial charge in [-0.15, -0.1) is 9.61 Å². The molecule has 0 saturated heterocycles. The summed E-state index contributed by atoms with van der Waals surface area (Å²) in [7, 11) is 0.447. The summed E-state index contributed by atoms with van der Waals surface area (Å²) in [5, 5.41) is 3.57. The Hall–Kier alpha value is -2.11. The van der Waals surface area contributed by atoms with Crippen LogP contribution in [0.25, 0.3) is 0 Å². The standard InChI is InChI=1S/C33H47NO3P.C5H13N/c1-4-5-6-7-8-9-10-11-12-22-29-34-38(35-2,36-3)37-33(30-23-16-13-17-24-30,31-25-18-14-19-26-31)32-27-20-15-21-28-32;1-2-3-4-5-6/h13-21,23-28,34H,4-12,22,29H2,1-3H3;2-6H2,1H3/q+1;. The van der Waals surface area contributed by atoms with Gasteiger partial charge in [-0.3, -0.25) is 0 Å². The summed E-state index contributed by atoms with van der Waals surface area (Å²) in [6.45, 7) is 6.08. The Morgan fingerprint density at radius 2 is 0.909 bits per heavy atom. The van der Waals surface area contributed by atoms with Gasteiger partial charge in [-0.1, -0.05) is 175 Å². The van der Waals surface area contributed by atoms with Gasteiger partial charge in [0.15, 0.2) is 5.60 Å². The average Bonchev–Trinajstić information content (AvgIpc) is 3.09. The number of hydrogen-bond donors (Lipinski definition) is 2. The summed E-state index contributed by atoms with van der Waals surface area (Å²) >= 11 is 0. The van der Waals surface area contributed by atoms with Crippen molar-refractivity contribution in [2.24, 2.45) is 5.73 Å². The van der Waals surface area contributed by atoms with Crippen molar-refractivity contribution in [1.29, 1.82) is 0 Å². The highest BCUT2D eigenvalue weighted by Gasteiger charge is 2.55. The number of nitrogens with one attached hydrogen (secondary N) is 1. The normalized spacial score (nSPS) is 11.7. The molecule has 244 valence electrons. The van der Waals surface area contributed by atoms with Crippen LogP contribution in [0.15, 0.2) is 91.0 Å². The number of rotatable bonds is 22. The molecule has 0 heterocycles. The van der Waals surface area contributed by atoms with Crippen LogP contribution in [-0.4, -0.2) is 27.3 Å². The van der Waals surface area contributed by atoms with E-state index in [0.717, 1.165) is 36.2 Å². The van der Waals surface area contributed by atoms with Crippen LogP contribution >= 0.6 is 8.09 Å². The quantitative estimate of drug-likeness (QED) is 0.0662. The van der Waals surface area contributed by atoms with Crippen molar-refractivity contribution in [2.75, 3.05) is 27.3 Å². The monoisotopic (exact) mass is 623 g/mol. The van der Waals surface area contributed by atoms with Gasteiger partial charge in [0.2, 0.25) is 0 Å². The van der Waals surface area contributed by atoms with Crippen LogP contribution in [0.5, 0.6) is 0 Å². The second-order valence-electron chi connectivity index (χ2n) is 11.3. The lowest BCUT2D eigenvalue weighted by molar-refractivity contribution is 0.0846. The Morgan fingerprint density at radius 3 is 1.25 bits per heavy atom. The first-order valence-corrected chi connectivity index (χ1v) is 18.5. The molecule has 3 aromatic rings. The fourth-order valence-electron chi connectivity index (χ4n) is 5.39. The maximum absolute atomic E-state index is 7.13. The van der Waals surface area contributed by atoms with Gasteiger partial charge in [0, 0.05) is 6.54 Å². The largest absolute Gasteiger partial charge is 0.502 e. The molecule has 0 aliphatic heterocycles. The van der Waals surface area contributed by atoms with Crippen molar-refractivity contribution >= 4 is 8.09 Å². The van der Waals surface area contributed by atoms with Crippen LogP contribution in [-0.2, 0) is 19.2 Å². The summed E-state index contributed by atoms with van der Waals surface area (Å²) in [5.41, 5.74) is 7.38. The zero-order valence-corrected chi connectivity index (χ0v) is 28.9. The highest BCUT2D eigenvalue weighted by Crippen LogP contribution is 2.63. The van der Waals surface area contributed by atoms with Gasteiger partial charge in [0.25, 0.3) is 0 Å². The molecule has 6 heteroatoms. The van der Waals surface area contributed by atoms with Gasteiger partial charge < -0.3 is 5.73 Å². The molecule has 0 bridgehead atoms. The van der Waals surface area contributed by atoms with Gasteiger partial charge in [-0.2, -0.15) is 9.05 Å². The number of nitrogens with two attached hydrogens (primary N) is 1. The molecule has 3 rings (SSSR count). The van der Waals surface area contributed by atoms with Crippen molar-refractivity contribution in [2.45, 2.75) is 103 Å². The SMILES string of the molecule is CCCCCCCCCCCCN[P+](OC)(OC)OC(c1ccccc1)(c1ccccc1)c1ccccc1.CCCCCN. The summed E-state index contributed by atoms with van der Waals surface area (Å²) < 4.78 is 19.2. The predicted octanol–water partition coefficient (Wildman–Crippen LogP) is 10.6. The summed E-state index contributed by atoms with van der Waals surface area (Å²) in [4.78, 5) is 0. The van der Waals surface area contributed by atoms with Crippen LogP contribution in [0.1, 0.15) is 114 Å². The molecule has 5 nitrogen and oxygen atoms in total. The molecule has 44 heavy (non-hydrogen) atoms. The molecule has 3 aromatic carbocycles. The smallest absolute Gasteiger partial charge is 0.330 e. The Balaban J connectivity index is 0.00000102. The first kappa shape index (κ1) is 38.1. The minimum atomic E-state index is -2.90. The Labute approximate surface area is 269 Å². The van der Waals surface area contributed by atoms with E-state index >= 15 is 0 Å². The Kier molecular flexibility index (Phi) is 20.1. The van der Waals surface area contributed by atoms with E-state index < -0.39 is 13.7 Å². The fraction of sp³-hybridized carbons (Fsp3) is 0.526. The molecular weight excluding hydrogens is 563 g/mol. The van der Waals surface area contributed by atoms with E-state index in [-0.39, 0.29) is 0 Å². The highest BCUT2D eigenvalue weighted by atomic mass is 31.2. The van der Waals surface area contributed by atoms with Crippen molar-refractivity contribution in [3.05, 3.63) is 108 Å². The molecule has 3 N–H and O–H groups in total. The number of benzene rings is 3. The third-order valence-corrected chi connectivity index (χ3v) is 10.0. The van der Waals surface area contributed by atoms with Gasteiger partial charge in [-0.25, -0.2) is 0 Å². The second-order valence-corrected chi connectivity index (χ2v) is 13.5. The Morgan fingerprint density at radius 1 is 0.545 bits per heavy atom. The van der Waals surface area contributed by atoms with Crippen LogP contribution < -0.4 is 10.8 Å². The van der Waals surface area contributed by atoms with E-state index in [1.165, 1.54) is 77.0 Å². The van der Waals surface area contributed by atoms with E-state index in [9.17, 15) is 0 Å². The summed E-state index contributed by atoms with van der Waals surface area (Å²) in [5.74, 6) is 0. The second kappa shape index (κ2) is 23.3. The topological polar surface area (TPSA) is 65.7 Å². The first-order chi connectivity index (χ1) is 21.6. The van der Waals surface area contributed by atoms with Crippen molar-refractivity contribution in [1.82, 2.24) is 5.09 Å².